The standard InChI is InChI=1S/C17H24N2O/c1-12-9-14-10-13(5-6-15(14)19-12)7-8-18-16(20)11-17(2,3)4/h5-6,9-10,19H,7-8,11H2,1-4H3,(H,18,20). The van der Waals surface area contributed by atoms with Crippen LogP contribution in [0.3, 0.4) is 0 Å². The van der Waals surface area contributed by atoms with E-state index in [9.17, 15) is 4.79 Å². The number of rotatable bonds is 4. The van der Waals surface area contributed by atoms with Gasteiger partial charge in [-0.2, -0.15) is 0 Å². The largest absolute Gasteiger partial charge is 0.359 e. The first-order valence-electron chi connectivity index (χ1n) is 7.18. The molecular formula is C17H24N2O. The van der Waals surface area contributed by atoms with Crippen molar-refractivity contribution in [3.05, 3.63) is 35.5 Å². The molecule has 20 heavy (non-hydrogen) atoms. The second-order valence-electron chi connectivity index (χ2n) is 6.71. The van der Waals surface area contributed by atoms with Gasteiger partial charge in [-0.15, -0.1) is 0 Å². The predicted octanol–water partition coefficient (Wildman–Crippen LogP) is 3.57. The molecule has 2 N–H and O–H groups in total. The maximum atomic E-state index is 11.7. The molecule has 3 heteroatoms. The summed E-state index contributed by atoms with van der Waals surface area (Å²) in [6.07, 6.45) is 1.44. The Morgan fingerprint density at radius 2 is 2.00 bits per heavy atom. The molecule has 108 valence electrons. The molecule has 1 heterocycles. The number of aromatic nitrogens is 1. The average Bonchev–Trinajstić information content (AvgIpc) is 2.66. The summed E-state index contributed by atoms with van der Waals surface area (Å²) in [6.45, 7) is 8.99. The van der Waals surface area contributed by atoms with Crippen LogP contribution in [-0.2, 0) is 11.2 Å². The smallest absolute Gasteiger partial charge is 0.220 e. The topological polar surface area (TPSA) is 44.9 Å². The van der Waals surface area contributed by atoms with Gasteiger partial charge in [-0.1, -0.05) is 26.8 Å². The summed E-state index contributed by atoms with van der Waals surface area (Å²) in [4.78, 5) is 15.1. The maximum absolute atomic E-state index is 11.7. The van der Waals surface area contributed by atoms with Gasteiger partial charge in [0.1, 0.15) is 0 Å². The highest BCUT2D eigenvalue weighted by atomic mass is 16.1. The fourth-order valence-electron chi connectivity index (χ4n) is 2.37. The molecule has 0 radical (unpaired) electrons. The second-order valence-corrected chi connectivity index (χ2v) is 6.71. The van der Waals surface area contributed by atoms with Crippen LogP contribution in [0.5, 0.6) is 0 Å². The highest BCUT2D eigenvalue weighted by molar-refractivity contribution is 5.81. The lowest BCUT2D eigenvalue weighted by molar-refractivity contribution is -0.122. The van der Waals surface area contributed by atoms with E-state index in [-0.39, 0.29) is 11.3 Å². The summed E-state index contributed by atoms with van der Waals surface area (Å²) in [7, 11) is 0. The van der Waals surface area contributed by atoms with Crippen LogP contribution >= 0.6 is 0 Å². The Morgan fingerprint density at radius 3 is 2.70 bits per heavy atom. The van der Waals surface area contributed by atoms with Crippen molar-refractivity contribution < 1.29 is 4.79 Å². The summed E-state index contributed by atoms with van der Waals surface area (Å²) >= 11 is 0. The minimum absolute atomic E-state index is 0.0473. The third-order valence-electron chi connectivity index (χ3n) is 3.25. The second kappa shape index (κ2) is 5.70. The number of nitrogens with one attached hydrogen (secondary N) is 2. The SMILES string of the molecule is Cc1cc2cc(CCNC(=O)CC(C)(C)C)ccc2[nH]1. The van der Waals surface area contributed by atoms with Gasteiger partial charge in [0.15, 0.2) is 0 Å². The molecule has 2 aromatic rings. The van der Waals surface area contributed by atoms with E-state index < -0.39 is 0 Å². The van der Waals surface area contributed by atoms with Gasteiger partial charge in [0.25, 0.3) is 0 Å². The Bertz CT molecular complexity index is 605. The van der Waals surface area contributed by atoms with Gasteiger partial charge in [0, 0.05) is 24.2 Å². The Balaban J connectivity index is 1.88. The molecule has 0 aliphatic rings. The summed E-state index contributed by atoms with van der Waals surface area (Å²) in [5.41, 5.74) is 3.65. The van der Waals surface area contributed by atoms with Gasteiger partial charge >= 0.3 is 0 Å². The number of hydrogen-bond donors (Lipinski definition) is 2. The summed E-state index contributed by atoms with van der Waals surface area (Å²) < 4.78 is 0. The van der Waals surface area contributed by atoms with Gasteiger partial charge < -0.3 is 10.3 Å². The van der Waals surface area contributed by atoms with Crippen LogP contribution in [-0.4, -0.2) is 17.4 Å². The van der Waals surface area contributed by atoms with E-state index in [0.29, 0.717) is 13.0 Å². The Morgan fingerprint density at radius 1 is 1.25 bits per heavy atom. The molecule has 1 aromatic heterocycles. The molecule has 0 unspecified atom stereocenters. The summed E-state index contributed by atoms with van der Waals surface area (Å²) in [5.74, 6) is 0.135. The number of benzene rings is 1. The van der Waals surface area contributed by atoms with Crippen molar-refractivity contribution in [2.75, 3.05) is 6.54 Å². The minimum Gasteiger partial charge on any atom is -0.359 e. The van der Waals surface area contributed by atoms with Crippen molar-refractivity contribution >= 4 is 16.8 Å². The van der Waals surface area contributed by atoms with E-state index >= 15 is 0 Å². The molecule has 2 rings (SSSR count). The molecule has 3 nitrogen and oxygen atoms in total. The zero-order valence-corrected chi connectivity index (χ0v) is 12.8. The van der Waals surface area contributed by atoms with Crippen LogP contribution in [0.15, 0.2) is 24.3 Å². The van der Waals surface area contributed by atoms with E-state index in [2.05, 4.69) is 62.3 Å². The van der Waals surface area contributed by atoms with Crippen molar-refractivity contribution in [3.63, 3.8) is 0 Å². The van der Waals surface area contributed by atoms with Crippen molar-refractivity contribution in [2.24, 2.45) is 5.41 Å². The number of aryl methyl sites for hydroxylation is 1. The fraction of sp³-hybridized carbons (Fsp3) is 0.471. The van der Waals surface area contributed by atoms with Gasteiger partial charge in [0.2, 0.25) is 5.91 Å². The monoisotopic (exact) mass is 272 g/mol. The summed E-state index contributed by atoms with van der Waals surface area (Å²) in [6, 6.07) is 8.56. The molecule has 0 atom stereocenters. The van der Waals surface area contributed by atoms with E-state index in [4.69, 9.17) is 0 Å². The quantitative estimate of drug-likeness (QED) is 0.878. The van der Waals surface area contributed by atoms with Crippen LogP contribution < -0.4 is 5.32 Å². The van der Waals surface area contributed by atoms with Crippen LogP contribution in [0.4, 0.5) is 0 Å². The third kappa shape index (κ3) is 4.12. The molecule has 0 saturated heterocycles. The molecule has 0 fully saturated rings. The van der Waals surface area contributed by atoms with Crippen molar-refractivity contribution in [1.29, 1.82) is 0 Å². The number of carbonyl (C=O) groups is 1. The number of H-pyrrole nitrogens is 1. The molecular weight excluding hydrogens is 248 g/mol. The van der Waals surface area contributed by atoms with Crippen LogP contribution in [0, 0.1) is 12.3 Å². The van der Waals surface area contributed by atoms with E-state index in [1.165, 1.54) is 22.2 Å². The minimum atomic E-state index is 0.0473. The first-order chi connectivity index (χ1) is 9.33. The maximum Gasteiger partial charge on any atom is 0.220 e. The highest BCUT2D eigenvalue weighted by Crippen LogP contribution is 2.18. The van der Waals surface area contributed by atoms with Crippen LogP contribution in [0.2, 0.25) is 0 Å². The molecule has 0 aliphatic heterocycles. The molecule has 1 aromatic carbocycles. The average molecular weight is 272 g/mol. The number of hydrogen-bond acceptors (Lipinski definition) is 1. The number of amides is 1. The van der Waals surface area contributed by atoms with E-state index in [0.717, 1.165) is 6.42 Å². The molecule has 0 bridgehead atoms. The first kappa shape index (κ1) is 14.6. The number of aromatic amines is 1. The van der Waals surface area contributed by atoms with Gasteiger partial charge in [-0.3, -0.25) is 4.79 Å². The first-order valence-corrected chi connectivity index (χ1v) is 7.18. The lowest BCUT2D eigenvalue weighted by Gasteiger charge is -2.17. The lowest BCUT2D eigenvalue weighted by atomic mass is 9.92. The Kier molecular flexibility index (Phi) is 4.17. The van der Waals surface area contributed by atoms with Crippen molar-refractivity contribution in [2.45, 2.75) is 40.5 Å². The lowest BCUT2D eigenvalue weighted by Crippen LogP contribution is -2.29. The van der Waals surface area contributed by atoms with Gasteiger partial charge in [-0.25, -0.2) is 0 Å². The zero-order chi connectivity index (χ0) is 14.8. The third-order valence-corrected chi connectivity index (χ3v) is 3.25. The Hall–Kier alpha value is -1.77. The van der Waals surface area contributed by atoms with Crippen molar-refractivity contribution in [3.8, 4) is 0 Å². The van der Waals surface area contributed by atoms with Crippen LogP contribution in [0.25, 0.3) is 10.9 Å². The highest BCUT2D eigenvalue weighted by Gasteiger charge is 2.15. The van der Waals surface area contributed by atoms with Crippen molar-refractivity contribution in [1.82, 2.24) is 10.3 Å². The number of carbonyl (C=O) groups excluding carboxylic acids is 1. The van der Waals surface area contributed by atoms with E-state index in [1.54, 1.807) is 0 Å². The predicted molar refractivity (Wildman–Crippen MR) is 83.8 cm³/mol. The summed E-state index contributed by atoms with van der Waals surface area (Å²) in [5, 5.41) is 4.23. The molecule has 0 aliphatic carbocycles. The molecule has 0 saturated carbocycles. The molecule has 0 spiro atoms. The van der Waals surface area contributed by atoms with Crippen LogP contribution in [0.1, 0.15) is 38.4 Å². The Labute approximate surface area is 120 Å². The zero-order valence-electron chi connectivity index (χ0n) is 12.8. The number of fused-ring (bicyclic) bond motifs is 1. The fourth-order valence-corrected chi connectivity index (χ4v) is 2.37. The van der Waals surface area contributed by atoms with E-state index in [1.807, 2.05) is 0 Å². The normalized spacial score (nSPS) is 11.8. The van der Waals surface area contributed by atoms with Gasteiger partial charge in [0.05, 0.1) is 0 Å². The molecule has 1 amide bonds. The van der Waals surface area contributed by atoms with Gasteiger partial charge in [-0.05, 0) is 47.9 Å².